The van der Waals surface area contributed by atoms with Crippen LogP contribution in [0.3, 0.4) is 0 Å². The molecule has 19 heavy (non-hydrogen) atoms. The van der Waals surface area contributed by atoms with Gasteiger partial charge in [-0.25, -0.2) is 4.39 Å². The first-order valence-electron chi connectivity index (χ1n) is 6.14. The van der Waals surface area contributed by atoms with Crippen molar-refractivity contribution < 1.29 is 9.13 Å². The topological polar surface area (TPSA) is 9.23 Å². The van der Waals surface area contributed by atoms with E-state index in [0.717, 1.165) is 5.56 Å². The Morgan fingerprint density at radius 2 is 1.95 bits per heavy atom. The highest BCUT2D eigenvalue weighted by Crippen LogP contribution is 2.34. The minimum atomic E-state index is -0.446. The maximum absolute atomic E-state index is 13.9. The third kappa shape index (κ3) is 3.27. The van der Waals surface area contributed by atoms with E-state index in [1.54, 1.807) is 12.1 Å². The van der Waals surface area contributed by atoms with Crippen molar-refractivity contribution in [2.24, 2.45) is 0 Å². The lowest BCUT2D eigenvalue weighted by atomic mass is 10.0. The molecular weight excluding hydrogens is 263 g/mol. The Morgan fingerprint density at radius 1 is 1.21 bits per heavy atom. The average Bonchev–Trinajstić information content (AvgIpc) is 2.38. The Bertz CT molecular complexity index is 568. The highest BCUT2D eigenvalue weighted by atomic mass is 35.5. The fourth-order valence-corrected chi connectivity index (χ4v) is 2.54. The van der Waals surface area contributed by atoms with E-state index in [0.29, 0.717) is 17.7 Å². The molecule has 3 heteroatoms. The molecule has 0 saturated heterocycles. The van der Waals surface area contributed by atoms with Crippen LogP contribution < -0.4 is 4.74 Å². The fourth-order valence-electron chi connectivity index (χ4n) is 2.15. The Labute approximate surface area is 118 Å². The van der Waals surface area contributed by atoms with Gasteiger partial charge in [0.1, 0.15) is 11.6 Å². The van der Waals surface area contributed by atoms with Gasteiger partial charge in [-0.1, -0.05) is 35.9 Å². The SMILES string of the molecule is COc1cccc(F)c1C(Cl)Cc1cccc(C)c1. The van der Waals surface area contributed by atoms with Gasteiger partial charge in [0, 0.05) is 5.56 Å². The summed E-state index contributed by atoms with van der Waals surface area (Å²) in [5.41, 5.74) is 2.68. The van der Waals surface area contributed by atoms with Crippen LogP contribution in [-0.4, -0.2) is 7.11 Å². The summed E-state index contributed by atoms with van der Waals surface area (Å²) in [5.74, 6) is 0.166. The zero-order valence-corrected chi connectivity index (χ0v) is 11.7. The molecule has 0 fully saturated rings. The lowest BCUT2D eigenvalue weighted by molar-refractivity contribution is 0.403. The van der Waals surface area contributed by atoms with E-state index in [1.165, 1.54) is 18.7 Å². The number of hydrogen-bond donors (Lipinski definition) is 0. The zero-order chi connectivity index (χ0) is 13.8. The molecule has 0 bridgehead atoms. The number of benzene rings is 2. The normalized spacial score (nSPS) is 12.2. The Balaban J connectivity index is 2.27. The lowest BCUT2D eigenvalue weighted by Crippen LogP contribution is -2.02. The molecule has 0 amide bonds. The summed E-state index contributed by atoms with van der Waals surface area (Å²) in [6.45, 7) is 2.02. The molecule has 0 aliphatic rings. The van der Waals surface area contributed by atoms with Crippen LogP contribution in [0, 0.1) is 12.7 Å². The standard InChI is InChI=1S/C16H16ClFO/c1-11-5-3-6-12(9-11)10-13(17)16-14(18)7-4-8-15(16)19-2/h3-9,13H,10H2,1-2H3. The molecule has 0 heterocycles. The van der Waals surface area contributed by atoms with Crippen molar-refractivity contribution in [3.05, 3.63) is 65.0 Å². The van der Waals surface area contributed by atoms with E-state index in [4.69, 9.17) is 16.3 Å². The van der Waals surface area contributed by atoms with Gasteiger partial charge in [0.05, 0.1) is 12.5 Å². The molecule has 1 nitrogen and oxygen atoms in total. The van der Waals surface area contributed by atoms with Gasteiger partial charge in [-0.2, -0.15) is 0 Å². The van der Waals surface area contributed by atoms with Crippen molar-refractivity contribution in [2.75, 3.05) is 7.11 Å². The van der Waals surface area contributed by atoms with E-state index in [2.05, 4.69) is 6.07 Å². The molecule has 1 unspecified atom stereocenters. The average molecular weight is 279 g/mol. The van der Waals surface area contributed by atoms with Gasteiger partial charge >= 0.3 is 0 Å². The molecular formula is C16H16ClFO. The van der Waals surface area contributed by atoms with E-state index >= 15 is 0 Å². The van der Waals surface area contributed by atoms with Crippen LogP contribution in [0.1, 0.15) is 22.1 Å². The summed E-state index contributed by atoms with van der Waals surface area (Å²) in [4.78, 5) is 0. The van der Waals surface area contributed by atoms with E-state index in [-0.39, 0.29) is 5.82 Å². The summed E-state index contributed by atoms with van der Waals surface area (Å²) in [5, 5.41) is -0.446. The van der Waals surface area contributed by atoms with Gasteiger partial charge in [-0.05, 0) is 31.0 Å². The molecule has 100 valence electrons. The van der Waals surface area contributed by atoms with Gasteiger partial charge in [0.25, 0.3) is 0 Å². The second kappa shape index (κ2) is 6.07. The van der Waals surface area contributed by atoms with Crippen LogP contribution >= 0.6 is 11.6 Å². The van der Waals surface area contributed by atoms with Crippen molar-refractivity contribution in [1.82, 2.24) is 0 Å². The third-order valence-electron chi connectivity index (χ3n) is 3.04. The number of halogens is 2. The maximum atomic E-state index is 13.9. The van der Waals surface area contributed by atoms with E-state index in [9.17, 15) is 4.39 Å². The van der Waals surface area contributed by atoms with Gasteiger partial charge in [-0.15, -0.1) is 11.6 Å². The molecule has 0 aromatic heterocycles. The fraction of sp³-hybridized carbons (Fsp3) is 0.250. The summed E-state index contributed by atoms with van der Waals surface area (Å²) in [6.07, 6.45) is 0.570. The monoisotopic (exact) mass is 278 g/mol. The van der Waals surface area contributed by atoms with Crippen LogP contribution in [-0.2, 0) is 6.42 Å². The van der Waals surface area contributed by atoms with Crippen molar-refractivity contribution in [1.29, 1.82) is 0 Å². The Hall–Kier alpha value is -1.54. The highest BCUT2D eigenvalue weighted by molar-refractivity contribution is 6.21. The predicted octanol–water partition coefficient (Wildman–Crippen LogP) is 4.67. The molecule has 0 N–H and O–H groups in total. The summed E-state index contributed by atoms with van der Waals surface area (Å²) >= 11 is 6.36. The molecule has 0 saturated carbocycles. The van der Waals surface area contributed by atoms with Crippen molar-refractivity contribution in [2.45, 2.75) is 18.7 Å². The van der Waals surface area contributed by atoms with E-state index < -0.39 is 5.38 Å². The van der Waals surface area contributed by atoms with Crippen LogP contribution in [0.25, 0.3) is 0 Å². The molecule has 2 aromatic rings. The van der Waals surface area contributed by atoms with Gasteiger partial charge in [0.15, 0.2) is 0 Å². The number of aryl methyl sites for hydroxylation is 1. The number of methoxy groups -OCH3 is 1. The lowest BCUT2D eigenvalue weighted by Gasteiger charge is -2.15. The second-order valence-corrected chi connectivity index (χ2v) is 5.04. The van der Waals surface area contributed by atoms with Crippen LogP contribution in [0.2, 0.25) is 0 Å². The number of ether oxygens (including phenoxy) is 1. The molecule has 0 aliphatic carbocycles. The zero-order valence-electron chi connectivity index (χ0n) is 11.0. The summed E-state index contributed by atoms with van der Waals surface area (Å²) in [7, 11) is 1.52. The quantitative estimate of drug-likeness (QED) is 0.739. The molecule has 1 atom stereocenters. The maximum Gasteiger partial charge on any atom is 0.131 e. The Kier molecular flexibility index (Phi) is 4.43. The van der Waals surface area contributed by atoms with Gasteiger partial charge < -0.3 is 4.74 Å². The minimum Gasteiger partial charge on any atom is -0.496 e. The second-order valence-electron chi connectivity index (χ2n) is 4.52. The first kappa shape index (κ1) is 13.9. The van der Waals surface area contributed by atoms with Crippen LogP contribution in [0.5, 0.6) is 5.75 Å². The van der Waals surface area contributed by atoms with Crippen LogP contribution in [0.4, 0.5) is 4.39 Å². The van der Waals surface area contributed by atoms with E-state index in [1.807, 2.05) is 25.1 Å². The first-order chi connectivity index (χ1) is 9.11. The van der Waals surface area contributed by atoms with Crippen molar-refractivity contribution >= 4 is 11.6 Å². The number of hydrogen-bond acceptors (Lipinski definition) is 1. The van der Waals surface area contributed by atoms with Crippen molar-refractivity contribution in [3.8, 4) is 5.75 Å². The minimum absolute atomic E-state index is 0.327. The summed E-state index contributed by atoms with van der Waals surface area (Å²) in [6, 6.07) is 12.8. The number of alkyl halides is 1. The van der Waals surface area contributed by atoms with Crippen molar-refractivity contribution in [3.63, 3.8) is 0 Å². The highest BCUT2D eigenvalue weighted by Gasteiger charge is 2.18. The Morgan fingerprint density at radius 3 is 2.63 bits per heavy atom. The van der Waals surface area contributed by atoms with Gasteiger partial charge in [0.2, 0.25) is 0 Å². The summed E-state index contributed by atoms with van der Waals surface area (Å²) < 4.78 is 19.1. The van der Waals surface area contributed by atoms with Gasteiger partial charge in [-0.3, -0.25) is 0 Å². The van der Waals surface area contributed by atoms with Crippen LogP contribution in [0.15, 0.2) is 42.5 Å². The third-order valence-corrected chi connectivity index (χ3v) is 3.42. The largest absolute Gasteiger partial charge is 0.496 e. The number of rotatable bonds is 4. The molecule has 0 spiro atoms. The smallest absolute Gasteiger partial charge is 0.131 e. The molecule has 0 radical (unpaired) electrons. The molecule has 0 aliphatic heterocycles. The molecule has 2 aromatic carbocycles. The first-order valence-corrected chi connectivity index (χ1v) is 6.57. The molecule has 2 rings (SSSR count). The predicted molar refractivity (Wildman–Crippen MR) is 76.4 cm³/mol.